The molecule has 94 valence electrons. The minimum Gasteiger partial charge on any atom is -0.462 e. The van der Waals surface area contributed by atoms with Crippen molar-refractivity contribution in [2.75, 3.05) is 6.61 Å². The average Bonchev–Trinajstić information content (AvgIpc) is 2.68. The van der Waals surface area contributed by atoms with Gasteiger partial charge in [0, 0.05) is 6.42 Å². The van der Waals surface area contributed by atoms with Crippen molar-refractivity contribution in [1.82, 2.24) is 0 Å². The summed E-state index contributed by atoms with van der Waals surface area (Å²) in [5.74, 6) is 0.164. The van der Waals surface area contributed by atoms with Crippen LogP contribution in [0.1, 0.15) is 42.1 Å². The summed E-state index contributed by atoms with van der Waals surface area (Å²) in [5.41, 5.74) is 0.370. The van der Waals surface area contributed by atoms with Gasteiger partial charge in [-0.15, -0.1) is 0 Å². The van der Waals surface area contributed by atoms with Gasteiger partial charge < -0.3 is 13.9 Å². The normalized spacial score (nSPS) is 10.1. The molecule has 0 aliphatic carbocycles. The SMILES string of the molecule is CCOC(=O)c1cc(COC(=O)CC)oc1C. The molecule has 0 radical (unpaired) electrons. The van der Waals surface area contributed by atoms with Gasteiger partial charge in [-0.3, -0.25) is 4.79 Å². The fourth-order valence-corrected chi connectivity index (χ4v) is 1.28. The van der Waals surface area contributed by atoms with Crippen LogP contribution < -0.4 is 0 Å². The van der Waals surface area contributed by atoms with Crippen molar-refractivity contribution in [3.8, 4) is 0 Å². The van der Waals surface area contributed by atoms with Gasteiger partial charge in [-0.25, -0.2) is 4.79 Å². The molecule has 0 atom stereocenters. The van der Waals surface area contributed by atoms with E-state index < -0.39 is 5.97 Å². The third-order valence-electron chi connectivity index (χ3n) is 2.13. The molecular formula is C12H16O5. The molecule has 1 heterocycles. The van der Waals surface area contributed by atoms with Crippen molar-refractivity contribution in [3.05, 3.63) is 23.2 Å². The van der Waals surface area contributed by atoms with Crippen LogP contribution in [0, 0.1) is 6.92 Å². The molecule has 0 N–H and O–H groups in total. The Balaban J connectivity index is 2.68. The van der Waals surface area contributed by atoms with Crippen LogP contribution in [-0.2, 0) is 20.9 Å². The first kappa shape index (κ1) is 13.3. The second-order valence-electron chi connectivity index (χ2n) is 3.42. The lowest BCUT2D eigenvalue weighted by atomic mass is 10.2. The maximum Gasteiger partial charge on any atom is 0.341 e. The third-order valence-corrected chi connectivity index (χ3v) is 2.13. The minimum absolute atomic E-state index is 0.0346. The molecule has 1 aromatic heterocycles. The van der Waals surface area contributed by atoms with Gasteiger partial charge in [-0.1, -0.05) is 6.92 Å². The molecule has 1 rings (SSSR count). The van der Waals surface area contributed by atoms with E-state index in [-0.39, 0.29) is 12.6 Å². The van der Waals surface area contributed by atoms with Gasteiger partial charge >= 0.3 is 11.9 Å². The number of carbonyl (C=O) groups is 2. The molecule has 5 heteroatoms. The first-order chi connectivity index (χ1) is 8.08. The van der Waals surface area contributed by atoms with Gasteiger partial charge in [0.1, 0.15) is 23.7 Å². The Kier molecular flexibility index (Phi) is 4.75. The average molecular weight is 240 g/mol. The topological polar surface area (TPSA) is 65.7 Å². The Morgan fingerprint density at radius 3 is 2.59 bits per heavy atom. The molecule has 0 amide bonds. The Labute approximate surface area is 99.7 Å². The van der Waals surface area contributed by atoms with E-state index >= 15 is 0 Å². The van der Waals surface area contributed by atoms with Crippen LogP contribution in [-0.4, -0.2) is 18.5 Å². The summed E-state index contributed by atoms with van der Waals surface area (Å²) < 4.78 is 15.1. The number of hydrogen-bond donors (Lipinski definition) is 0. The van der Waals surface area contributed by atoms with Gasteiger partial charge in [0.25, 0.3) is 0 Å². The summed E-state index contributed by atoms with van der Waals surface area (Å²) in [4.78, 5) is 22.4. The summed E-state index contributed by atoms with van der Waals surface area (Å²) in [6.07, 6.45) is 0.310. The molecule has 0 fully saturated rings. The predicted octanol–water partition coefficient (Wildman–Crippen LogP) is 2.22. The molecular weight excluding hydrogens is 224 g/mol. The molecule has 0 bridgehead atoms. The van der Waals surface area contributed by atoms with Crippen LogP contribution in [0.3, 0.4) is 0 Å². The summed E-state index contributed by atoms with van der Waals surface area (Å²) in [6.45, 7) is 5.45. The number of rotatable bonds is 5. The second kappa shape index (κ2) is 6.08. The number of aryl methyl sites for hydroxylation is 1. The van der Waals surface area contributed by atoms with E-state index in [9.17, 15) is 9.59 Å². The highest BCUT2D eigenvalue weighted by Crippen LogP contribution is 2.16. The monoisotopic (exact) mass is 240 g/mol. The van der Waals surface area contributed by atoms with E-state index in [0.717, 1.165) is 0 Å². The predicted molar refractivity (Wildman–Crippen MR) is 59.5 cm³/mol. The zero-order chi connectivity index (χ0) is 12.8. The fourth-order valence-electron chi connectivity index (χ4n) is 1.28. The standard InChI is InChI=1S/C12H16O5/c1-4-11(13)16-7-9-6-10(8(3)17-9)12(14)15-5-2/h6H,4-5,7H2,1-3H3. The first-order valence-electron chi connectivity index (χ1n) is 5.50. The highest BCUT2D eigenvalue weighted by Gasteiger charge is 2.16. The van der Waals surface area contributed by atoms with Crippen LogP contribution in [0.4, 0.5) is 0 Å². The van der Waals surface area contributed by atoms with E-state index in [1.807, 2.05) is 0 Å². The first-order valence-corrected chi connectivity index (χ1v) is 5.50. The number of hydrogen-bond acceptors (Lipinski definition) is 5. The zero-order valence-electron chi connectivity index (χ0n) is 10.2. The number of ether oxygens (including phenoxy) is 2. The summed E-state index contributed by atoms with van der Waals surface area (Å²) >= 11 is 0. The van der Waals surface area contributed by atoms with Crippen LogP contribution in [0.15, 0.2) is 10.5 Å². The molecule has 5 nitrogen and oxygen atoms in total. The highest BCUT2D eigenvalue weighted by molar-refractivity contribution is 5.90. The quantitative estimate of drug-likeness (QED) is 0.738. The molecule has 0 aromatic carbocycles. The van der Waals surface area contributed by atoms with Crippen molar-refractivity contribution in [1.29, 1.82) is 0 Å². The lowest BCUT2D eigenvalue weighted by molar-refractivity contribution is -0.145. The van der Waals surface area contributed by atoms with E-state index in [4.69, 9.17) is 13.9 Å². The van der Waals surface area contributed by atoms with Gasteiger partial charge in [0.05, 0.1) is 6.61 Å². The largest absolute Gasteiger partial charge is 0.462 e. The second-order valence-corrected chi connectivity index (χ2v) is 3.42. The summed E-state index contributed by atoms with van der Waals surface area (Å²) in [6, 6.07) is 1.54. The van der Waals surface area contributed by atoms with Crippen LogP contribution in [0.2, 0.25) is 0 Å². The Hall–Kier alpha value is -1.78. The van der Waals surface area contributed by atoms with Crippen molar-refractivity contribution in [2.45, 2.75) is 33.8 Å². The van der Waals surface area contributed by atoms with Crippen LogP contribution >= 0.6 is 0 Å². The van der Waals surface area contributed by atoms with Crippen molar-refractivity contribution in [2.24, 2.45) is 0 Å². The van der Waals surface area contributed by atoms with E-state index in [0.29, 0.717) is 30.1 Å². The van der Waals surface area contributed by atoms with Gasteiger partial charge in [0.2, 0.25) is 0 Å². The maximum absolute atomic E-state index is 11.5. The molecule has 17 heavy (non-hydrogen) atoms. The lowest BCUT2D eigenvalue weighted by Crippen LogP contribution is -2.04. The lowest BCUT2D eigenvalue weighted by Gasteiger charge is -1.98. The number of furan rings is 1. The Morgan fingerprint density at radius 1 is 1.29 bits per heavy atom. The zero-order valence-corrected chi connectivity index (χ0v) is 10.2. The van der Waals surface area contributed by atoms with E-state index in [1.54, 1.807) is 20.8 Å². The Bertz CT molecular complexity index is 405. The van der Waals surface area contributed by atoms with Gasteiger partial charge in [0.15, 0.2) is 0 Å². The third kappa shape index (κ3) is 3.62. The van der Waals surface area contributed by atoms with Crippen molar-refractivity contribution < 1.29 is 23.5 Å². The van der Waals surface area contributed by atoms with E-state index in [2.05, 4.69) is 0 Å². The summed E-state index contributed by atoms with van der Waals surface area (Å²) in [5, 5.41) is 0. The maximum atomic E-state index is 11.5. The van der Waals surface area contributed by atoms with Gasteiger partial charge in [-0.2, -0.15) is 0 Å². The number of carbonyl (C=O) groups excluding carboxylic acids is 2. The van der Waals surface area contributed by atoms with Crippen molar-refractivity contribution in [3.63, 3.8) is 0 Å². The molecule has 0 saturated carbocycles. The number of esters is 2. The minimum atomic E-state index is -0.429. The Morgan fingerprint density at radius 2 is 2.00 bits per heavy atom. The molecule has 0 saturated heterocycles. The fraction of sp³-hybridized carbons (Fsp3) is 0.500. The van der Waals surface area contributed by atoms with Crippen LogP contribution in [0.5, 0.6) is 0 Å². The van der Waals surface area contributed by atoms with Gasteiger partial charge in [-0.05, 0) is 19.9 Å². The van der Waals surface area contributed by atoms with Crippen LogP contribution in [0.25, 0.3) is 0 Å². The smallest absolute Gasteiger partial charge is 0.341 e. The van der Waals surface area contributed by atoms with Crippen molar-refractivity contribution >= 4 is 11.9 Å². The molecule has 1 aromatic rings. The highest BCUT2D eigenvalue weighted by atomic mass is 16.5. The molecule has 0 aliphatic heterocycles. The van der Waals surface area contributed by atoms with E-state index in [1.165, 1.54) is 6.07 Å². The molecule has 0 unspecified atom stereocenters. The summed E-state index contributed by atoms with van der Waals surface area (Å²) in [7, 11) is 0. The molecule has 0 aliphatic rings. The molecule has 0 spiro atoms.